The summed E-state index contributed by atoms with van der Waals surface area (Å²) in [5.74, 6) is -0.106. The molecule has 2 rings (SSSR count). The van der Waals surface area contributed by atoms with Crippen LogP contribution in [0, 0.1) is 5.92 Å². The molecule has 1 aliphatic heterocycles. The Hall–Kier alpha value is -0.910. The second-order valence-corrected chi connectivity index (χ2v) is 6.70. The number of nitrogens with zero attached hydrogens (tertiary/aromatic N) is 2. The van der Waals surface area contributed by atoms with E-state index in [1.807, 2.05) is 11.3 Å². The normalized spacial score (nSPS) is 19.4. The Morgan fingerprint density at radius 1 is 1.35 bits per heavy atom. The molecule has 1 saturated heterocycles. The molecular formula is C15H24N2O2S. The van der Waals surface area contributed by atoms with Crippen LogP contribution >= 0.6 is 11.3 Å². The highest BCUT2D eigenvalue weighted by Crippen LogP contribution is 2.32. The molecule has 1 aromatic heterocycles. The molecule has 0 aromatic carbocycles. The average Bonchev–Trinajstić information content (AvgIpc) is 2.91. The number of carbonyl (C=O) groups is 1. The van der Waals surface area contributed by atoms with Crippen LogP contribution in [0.25, 0.3) is 0 Å². The Morgan fingerprint density at radius 3 is 2.55 bits per heavy atom. The molecule has 1 fully saturated rings. The molecule has 20 heavy (non-hydrogen) atoms. The lowest BCUT2D eigenvalue weighted by Gasteiger charge is -2.40. The van der Waals surface area contributed by atoms with Crippen molar-refractivity contribution in [3.05, 3.63) is 22.4 Å². The number of hydrogen-bond acceptors (Lipinski definition) is 4. The van der Waals surface area contributed by atoms with E-state index in [-0.39, 0.29) is 6.42 Å². The Labute approximate surface area is 125 Å². The van der Waals surface area contributed by atoms with Crippen LogP contribution in [0.3, 0.4) is 0 Å². The molecule has 0 spiro atoms. The Morgan fingerprint density at radius 2 is 2.05 bits per heavy atom. The van der Waals surface area contributed by atoms with Crippen molar-refractivity contribution in [1.29, 1.82) is 0 Å². The van der Waals surface area contributed by atoms with E-state index in [0.29, 0.717) is 18.5 Å². The maximum atomic E-state index is 10.6. The van der Waals surface area contributed by atoms with Gasteiger partial charge in [-0.1, -0.05) is 19.9 Å². The van der Waals surface area contributed by atoms with E-state index in [2.05, 4.69) is 41.2 Å². The third-order valence-corrected chi connectivity index (χ3v) is 4.85. The lowest BCUT2D eigenvalue weighted by molar-refractivity contribution is -0.137. The Kier molecular flexibility index (Phi) is 5.57. The van der Waals surface area contributed by atoms with Crippen LogP contribution in [0.15, 0.2) is 17.5 Å². The van der Waals surface area contributed by atoms with Crippen LogP contribution in [-0.2, 0) is 4.79 Å². The van der Waals surface area contributed by atoms with Gasteiger partial charge in [-0.25, -0.2) is 0 Å². The minimum Gasteiger partial charge on any atom is -0.481 e. The van der Waals surface area contributed by atoms with E-state index in [9.17, 15) is 4.79 Å². The molecule has 0 aliphatic carbocycles. The van der Waals surface area contributed by atoms with E-state index in [0.717, 1.165) is 26.2 Å². The molecule has 0 radical (unpaired) electrons. The number of hydrogen-bond donors (Lipinski definition) is 1. The van der Waals surface area contributed by atoms with Crippen molar-refractivity contribution in [1.82, 2.24) is 9.80 Å². The zero-order chi connectivity index (χ0) is 14.5. The summed E-state index contributed by atoms with van der Waals surface area (Å²) in [7, 11) is 0. The number of carboxylic acids is 1. The monoisotopic (exact) mass is 296 g/mol. The minimum atomic E-state index is -0.703. The predicted octanol–water partition coefficient (Wildman–Crippen LogP) is 2.54. The van der Waals surface area contributed by atoms with Crippen molar-refractivity contribution in [2.75, 3.05) is 32.7 Å². The molecule has 1 N–H and O–H groups in total. The molecule has 1 unspecified atom stereocenters. The summed E-state index contributed by atoms with van der Waals surface area (Å²) in [6.45, 7) is 9.24. The second-order valence-electron chi connectivity index (χ2n) is 5.73. The Balaban J connectivity index is 1.89. The quantitative estimate of drug-likeness (QED) is 0.876. The maximum absolute atomic E-state index is 10.6. The summed E-state index contributed by atoms with van der Waals surface area (Å²) in [6, 6.07) is 4.85. The number of carboxylic acid groups (broad SMARTS) is 1. The third-order valence-electron chi connectivity index (χ3n) is 3.91. The van der Waals surface area contributed by atoms with E-state index in [4.69, 9.17) is 5.11 Å². The molecular weight excluding hydrogens is 272 g/mol. The van der Waals surface area contributed by atoms with Crippen molar-refractivity contribution >= 4 is 17.3 Å². The maximum Gasteiger partial charge on any atom is 0.304 e. The molecule has 112 valence electrons. The minimum absolute atomic E-state index is 0.249. The summed E-state index contributed by atoms with van der Waals surface area (Å²) in [6.07, 6.45) is 0.249. The summed E-state index contributed by atoms with van der Waals surface area (Å²) >= 11 is 1.83. The van der Waals surface area contributed by atoms with Gasteiger partial charge in [0.15, 0.2) is 0 Å². The Bertz CT molecular complexity index is 412. The van der Waals surface area contributed by atoms with Gasteiger partial charge in [0, 0.05) is 43.6 Å². The lowest BCUT2D eigenvalue weighted by atomic mass is 10.00. The van der Waals surface area contributed by atoms with E-state index in [1.54, 1.807) is 0 Å². The van der Waals surface area contributed by atoms with Gasteiger partial charge in [0.05, 0.1) is 6.42 Å². The largest absolute Gasteiger partial charge is 0.481 e. The average molecular weight is 296 g/mol. The van der Waals surface area contributed by atoms with Gasteiger partial charge in [-0.2, -0.15) is 0 Å². The van der Waals surface area contributed by atoms with Gasteiger partial charge >= 0.3 is 5.97 Å². The molecule has 1 aliphatic rings. The first-order valence-corrected chi connectivity index (χ1v) is 8.17. The summed E-state index contributed by atoms with van der Waals surface area (Å²) in [5.41, 5.74) is 0. The zero-order valence-corrected chi connectivity index (χ0v) is 13.1. The highest BCUT2D eigenvalue weighted by atomic mass is 32.1. The first kappa shape index (κ1) is 15.5. The number of thiophene rings is 1. The SMILES string of the molecule is CC(C)C(c1cccs1)N1CCN(CCC(=O)O)CC1. The van der Waals surface area contributed by atoms with Crippen LogP contribution in [0.5, 0.6) is 0 Å². The third kappa shape index (κ3) is 4.04. The van der Waals surface area contributed by atoms with Gasteiger partial charge in [-0.05, 0) is 17.4 Å². The molecule has 2 heterocycles. The van der Waals surface area contributed by atoms with Crippen molar-refractivity contribution in [2.24, 2.45) is 5.92 Å². The van der Waals surface area contributed by atoms with Crippen molar-refractivity contribution in [3.8, 4) is 0 Å². The molecule has 4 nitrogen and oxygen atoms in total. The van der Waals surface area contributed by atoms with E-state index in [1.165, 1.54) is 4.88 Å². The van der Waals surface area contributed by atoms with Crippen LogP contribution in [0.2, 0.25) is 0 Å². The second kappa shape index (κ2) is 7.20. The molecule has 1 aromatic rings. The number of rotatable bonds is 6. The molecule has 5 heteroatoms. The summed E-state index contributed by atoms with van der Waals surface area (Å²) in [5, 5.41) is 10.9. The van der Waals surface area contributed by atoms with Crippen LogP contribution in [0.4, 0.5) is 0 Å². The lowest BCUT2D eigenvalue weighted by Crippen LogP contribution is -2.48. The molecule has 0 amide bonds. The van der Waals surface area contributed by atoms with Gasteiger partial charge in [-0.15, -0.1) is 11.3 Å². The first-order chi connectivity index (χ1) is 9.58. The van der Waals surface area contributed by atoms with Gasteiger partial charge < -0.3 is 10.0 Å². The topological polar surface area (TPSA) is 43.8 Å². The van der Waals surface area contributed by atoms with Crippen LogP contribution in [0.1, 0.15) is 31.2 Å². The summed E-state index contributed by atoms with van der Waals surface area (Å²) < 4.78 is 0. The van der Waals surface area contributed by atoms with Crippen LogP contribution in [-0.4, -0.2) is 53.6 Å². The van der Waals surface area contributed by atoms with Crippen molar-refractivity contribution in [2.45, 2.75) is 26.3 Å². The number of piperazine rings is 1. The first-order valence-electron chi connectivity index (χ1n) is 7.29. The van der Waals surface area contributed by atoms with E-state index < -0.39 is 5.97 Å². The zero-order valence-electron chi connectivity index (χ0n) is 12.3. The van der Waals surface area contributed by atoms with Gasteiger partial charge in [-0.3, -0.25) is 9.69 Å². The van der Waals surface area contributed by atoms with Crippen molar-refractivity contribution in [3.63, 3.8) is 0 Å². The highest BCUT2D eigenvalue weighted by molar-refractivity contribution is 7.10. The fourth-order valence-corrected chi connectivity index (χ4v) is 3.94. The number of aliphatic carboxylic acids is 1. The van der Waals surface area contributed by atoms with Gasteiger partial charge in [0.1, 0.15) is 0 Å². The standard InChI is InChI=1S/C15H24N2O2S/c1-12(2)15(13-4-3-11-20-13)17-9-7-16(8-10-17)6-5-14(18)19/h3-4,11-12,15H,5-10H2,1-2H3,(H,18,19). The van der Waals surface area contributed by atoms with Crippen molar-refractivity contribution < 1.29 is 9.90 Å². The smallest absolute Gasteiger partial charge is 0.304 e. The molecule has 0 saturated carbocycles. The van der Waals surface area contributed by atoms with Gasteiger partial charge in [0.25, 0.3) is 0 Å². The van der Waals surface area contributed by atoms with Crippen LogP contribution < -0.4 is 0 Å². The fraction of sp³-hybridized carbons (Fsp3) is 0.667. The predicted molar refractivity (Wildman–Crippen MR) is 82.2 cm³/mol. The van der Waals surface area contributed by atoms with Gasteiger partial charge in [0.2, 0.25) is 0 Å². The van der Waals surface area contributed by atoms with E-state index >= 15 is 0 Å². The highest BCUT2D eigenvalue weighted by Gasteiger charge is 2.27. The summed E-state index contributed by atoms with van der Waals surface area (Å²) in [4.78, 5) is 16.9. The molecule has 1 atom stereocenters. The molecule has 0 bridgehead atoms. The fourth-order valence-electron chi connectivity index (χ4n) is 2.91.